The molecule has 0 aromatic carbocycles. The van der Waals surface area contributed by atoms with E-state index in [0.717, 1.165) is 0 Å². The topological polar surface area (TPSA) is 21.8 Å². The lowest BCUT2D eigenvalue weighted by atomic mass is 10.0. The lowest BCUT2D eigenvalue weighted by Crippen LogP contribution is -2.43. The van der Waals surface area contributed by atoms with Crippen LogP contribution in [0.2, 0.25) is 19.6 Å². The summed E-state index contributed by atoms with van der Waals surface area (Å²) in [6.45, 7) is 10.2. The summed E-state index contributed by atoms with van der Waals surface area (Å²) in [4.78, 5) is 0. The lowest BCUT2D eigenvalue weighted by Gasteiger charge is -2.28. The Labute approximate surface area is 80.5 Å². The number of alkyl halides is 1. The van der Waals surface area contributed by atoms with Gasteiger partial charge in [0.25, 0.3) is 0 Å². The molecule has 78 valence electrons. The summed E-state index contributed by atoms with van der Waals surface area (Å²) in [6.07, 6.45) is -1.07. The van der Waals surface area contributed by atoms with E-state index in [9.17, 15) is 4.39 Å². The Morgan fingerprint density at radius 3 is 2.08 bits per heavy atom. The molecule has 0 aliphatic carbocycles. The van der Waals surface area contributed by atoms with Crippen LogP contribution in [0.15, 0.2) is 0 Å². The minimum atomic E-state index is -1.58. The van der Waals surface area contributed by atoms with Gasteiger partial charge < -0.3 is 9.16 Å². The number of epoxide rings is 1. The minimum absolute atomic E-state index is 0.126. The van der Waals surface area contributed by atoms with Crippen LogP contribution in [0.25, 0.3) is 0 Å². The van der Waals surface area contributed by atoms with Crippen LogP contribution in [0.3, 0.4) is 0 Å². The van der Waals surface area contributed by atoms with Crippen molar-refractivity contribution in [1.29, 1.82) is 0 Å². The average molecular weight is 206 g/mol. The van der Waals surface area contributed by atoms with Crippen molar-refractivity contribution in [3.8, 4) is 0 Å². The van der Waals surface area contributed by atoms with Crippen LogP contribution < -0.4 is 0 Å². The van der Waals surface area contributed by atoms with E-state index < -0.39 is 20.1 Å². The van der Waals surface area contributed by atoms with Gasteiger partial charge in [-0.15, -0.1) is 0 Å². The van der Waals surface area contributed by atoms with Crippen molar-refractivity contribution >= 4 is 8.32 Å². The van der Waals surface area contributed by atoms with Crippen LogP contribution in [0.1, 0.15) is 13.8 Å². The molecule has 0 N–H and O–H groups in total. The monoisotopic (exact) mass is 206 g/mol. The molecule has 0 radical (unpaired) electrons. The Morgan fingerprint density at radius 1 is 1.38 bits per heavy atom. The van der Waals surface area contributed by atoms with E-state index in [-0.39, 0.29) is 6.10 Å². The molecule has 3 unspecified atom stereocenters. The van der Waals surface area contributed by atoms with Crippen molar-refractivity contribution in [2.24, 2.45) is 0 Å². The maximum atomic E-state index is 13.2. The first-order chi connectivity index (χ1) is 5.78. The number of rotatable bonds is 4. The van der Waals surface area contributed by atoms with E-state index in [1.807, 2.05) is 6.92 Å². The van der Waals surface area contributed by atoms with Crippen molar-refractivity contribution in [3.63, 3.8) is 0 Å². The first-order valence-electron chi connectivity index (χ1n) is 4.74. The molecule has 0 saturated carbocycles. The van der Waals surface area contributed by atoms with Gasteiger partial charge in [-0.2, -0.15) is 0 Å². The maximum Gasteiger partial charge on any atom is 0.184 e. The van der Waals surface area contributed by atoms with Gasteiger partial charge in [-0.1, -0.05) is 0 Å². The maximum absolute atomic E-state index is 13.2. The predicted octanol–water partition coefficient (Wildman–Crippen LogP) is 2.35. The number of halogens is 1. The molecule has 1 rings (SSSR count). The van der Waals surface area contributed by atoms with Gasteiger partial charge in [0.2, 0.25) is 0 Å². The molecule has 0 bridgehead atoms. The van der Waals surface area contributed by atoms with Crippen molar-refractivity contribution in [1.82, 2.24) is 0 Å². The molecule has 1 saturated heterocycles. The molecule has 13 heavy (non-hydrogen) atoms. The fraction of sp³-hybridized carbons (Fsp3) is 1.00. The zero-order chi connectivity index (χ0) is 10.3. The molecular formula is C9H19FO2Si. The zero-order valence-electron chi connectivity index (χ0n) is 9.06. The smallest absolute Gasteiger partial charge is 0.184 e. The molecule has 0 amide bonds. The number of ether oxygens (including phenoxy) is 1. The minimum Gasteiger partial charge on any atom is -0.412 e. The Hall–Kier alpha value is 0.0669. The first-order valence-corrected chi connectivity index (χ1v) is 8.14. The van der Waals surface area contributed by atoms with E-state index in [2.05, 4.69) is 19.6 Å². The third-order valence-electron chi connectivity index (χ3n) is 2.37. The van der Waals surface area contributed by atoms with Crippen molar-refractivity contribution in [2.45, 2.75) is 51.4 Å². The Balaban J connectivity index is 2.53. The number of hydrogen-bond donors (Lipinski definition) is 0. The fourth-order valence-corrected chi connectivity index (χ4v) is 2.76. The van der Waals surface area contributed by atoms with Crippen LogP contribution in [0, 0.1) is 0 Å². The SMILES string of the molecule is CC(F)C1(C(C)O[Si](C)(C)C)CO1. The predicted molar refractivity (Wildman–Crippen MR) is 53.1 cm³/mol. The third kappa shape index (κ3) is 2.51. The van der Waals surface area contributed by atoms with Crippen molar-refractivity contribution in [2.75, 3.05) is 6.61 Å². The second-order valence-corrected chi connectivity index (χ2v) is 9.19. The van der Waals surface area contributed by atoms with Crippen molar-refractivity contribution in [3.05, 3.63) is 0 Å². The lowest BCUT2D eigenvalue weighted by molar-refractivity contribution is 0.0523. The van der Waals surface area contributed by atoms with E-state index in [1.54, 1.807) is 0 Å². The number of hydrogen-bond acceptors (Lipinski definition) is 2. The molecular weight excluding hydrogens is 187 g/mol. The van der Waals surface area contributed by atoms with Gasteiger partial charge in [-0.3, -0.25) is 0 Å². The molecule has 2 nitrogen and oxygen atoms in total. The zero-order valence-corrected chi connectivity index (χ0v) is 10.1. The van der Waals surface area contributed by atoms with Gasteiger partial charge in [-0.05, 0) is 33.5 Å². The summed E-state index contributed by atoms with van der Waals surface area (Å²) in [5.41, 5.74) is -0.639. The molecule has 1 fully saturated rings. The highest BCUT2D eigenvalue weighted by Gasteiger charge is 2.56. The van der Waals surface area contributed by atoms with E-state index >= 15 is 0 Å². The second-order valence-electron chi connectivity index (χ2n) is 4.73. The third-order valence-corrected chi connectivity index (χ3v) is 3.43. The van der Waals surface area contributed by atoms with Gasteiger partial charge in [0, 0.05) is 0 Å². The molecule has 0 aromatic rings. The fourth-order valence-electron chi connectivity index (χ4n) is 1.50. The van der Waals surface area contributed by atoms with Crippen LogP contribution in [-0.4, -0.2) is 32.8 Å². The van der Waals surface area contributed by atoms with Gasteiger partial charge in [0.15, 0.2) is 8.32 Å². The molecule has 0 aromatic heterocycles. The first kappa shape index (κ1) is 11.1. The van der Waals surface area contributed by atoms with Gasteiger partial charge in [-0.25, -0.2) is 4.39 Å². The van der Waals surface area contributed by atoms with Gasteiger partial charge in [0.05, 0.1) is 12.7 Å². The Morgan fingerprint density at radius 2 is 1.85 bits per heavy atom. The quantitative estimate of drug-likeness (QED) is 0.520. The molecule has 3 atom stereocenters. The highest BCUT2D eigenvalue weighted by Crippen LogP contribution is 2.38. The highest BCUT2D eigenvalue weighted by molar-refractivity contribution is 6.69. The summed E-state index contributed by atoms with van der Waals surface area (Å²) in [5.74, 6) is 0. The summed E-state index contributed by atoms with van der Waals surface area (Å²) in [6, 6.07) is 0. The van der Waals surface area contributed by atoms with Crippen molar-refractivity contribution < 1.29 is 13.6 Å². The van der Waals surface area contributed by atoms with Crippen LogP contribution in [0.4, 0.5) is 4.39 Å². The summed E-state index contributed by atoms with van der Waals surface area (Å²) >= 11 is 0. The van der Waals surface area contributed by atoms with E-state index in [0.29, 0.717) is 6.61 Å². The summed E-state index contributed by atoms with van der Waals surface area (Å²) < 4.78 is 24.2. The average Bonchev–Trinajstić information content (AvgIpc) is 2.59. The normalized spacial score (nSPS) is 32.8. The standard InChI is InChI=1S/C9H19FO2Si/c1-7(10)9(6-11-9)8(2)12-13(3,4)5/h7-8H,6H2,1-5H3. The van der Waals surface area contributed by atoms with E-state index in [1.165, 1.54) is 6.92 Å². The Kier molecular flexibility index (Phi) is 2.85. The second kappa shape index (κ2) is 3.33. The summed E-state index contributed by atoms with van der Waals surface area (Å²) in [5, 5.41) is 0. The Bertz CT molecular complexity index is 185. The highest BCUT2D eigenvalue weighted by atomic mass is 28.4. The summed E-state index contributed by atoms with van der Waals surface area (Å²) in [7, 11) is -1.58. The largest absolute Gasteiger partial charge is 0.412 e. The molecule has 4 heteroatoms. The molecule has 1 heterocycles. The van der Waals surface area contributed by atoms with Crippen LogP contribution >= 0.6 is 0 Å². The van der Waals surface area contributed by atoms with E-state index in [4.69, 9.17) is 9.16 Å². The molecule has 0 spiro atoms. The van der Waals surface area contributed by atoms with Gasteiger partial charge in [0.1, 0.15) is 11.8 Å². The van der Waals surface area contributed by atoms with Gasteiger partial charge >= 0.3 is 0 Å². The van der Waals surface area contributed by atoms with Crippen LogP contribution in [-0.2, 0) is 9.16 Å². The molecule has 1 aliphatic heterocycles. The molecule has 1 aliphatic rings. The van der Waals surface area contributed by atoms with Crippen LogP contribution in [0.5, 0.6) is 0 Å².